The molecule has 35 heavy (non-hydrogen) atoms. The highest BCUT2D eigenvalue weighted by molar-refractivity contribution is 5.89. The summed E-state index contributed by atoms with van der Waals surface area (Å²) in [6, 6.07) is 10.0. The topological polar surface area (TPSA) is 75.6 Å². The van der Waals surface area contributed by atoms with Crippen molar-refractivity contribution in [2.45, 2.75) is 59.1 Å². The number of rotatable bonds is 4. The van der Waals surface area contributed by atoms with Gasteiger partial charge in [0, 0.05) is 24.8 Å². The quantitative estimate of drug-likeness (QED) is 0.490. The summed E-state index contributed by atoms with van der Waals surface area (Å²) in [6.07, 6.45) is 12.4. The molecule has 1 fully saturated rings. The van der Waals surface area contributed by atoms with Crippen molar-refractivity contribution < 1.29 is 19.4 Å². The lowest BCUT2D eigenvalue weighted by Gasteiger charge is -2.48. The number of hydrogen-bond donors (Lipinski definition) is 2. The van der Waals surface area contributed by atoms with E-state index in [9.17, 15) is 14.7 Å². The van der Waals surface area contributed by atoms with Gasteiger partial charge in [0.25, 0.3) is 0 Å². The first-order valence-corrected chi connectivity index (χ1v) is 13.0. The minimum atomic E-state index is -0.983. The van der Waals surface area contributed by atoms with Gasteiger partial charge in [-0.15, -0.1) is 0 Å². The summed E-state index contributed by atoms with van der Waals surface area (Å²) in [6.45, 7) is 7.87. The number of aliphatic hydroxyl groups is 1. The average Bonchev–Trinajstić information content (AvgIpc) is 3.10. The first-order valence-electron chi connectivity index (χ1n) is 13.0. The molecule has 8 atom stereocenters. The second-order valence-electron chi connectivity index (χ2n) is 10.8. The van der Waals surface area contributed by atoms with Crippen LogP contribution < -0.4 is 5.32 Å². The van der Waals surface area contributed by atoms with Gasteiger partial charge in [-0.25, -0.2) is 0 Å². The summed E-state index contributed by atoms with van der Waals surface area (Å²) in [5, 5.41) is 13.6. The predicted molar refractivity (Wildman–Crippen MR) is 137 cm³/mol. The second-order valence-corrected chi connectivity index (χ2v) is 10.8. The van der Waals surface area contributed by atoms with Crippen LogP contribution in [0.5, 0.6) is 0 Å². The minimum absolute atomic E-state index is 0.0498. The fraction of sp³-hybridized carbons (Fsp3) is 0.533. The number of amides is 1. The zero-order valence-corrected chi connectivity index (χ0v) is 21.3. The van der Waals surface area contributed by atoms with E-state index in [1.165, 1.54) is 6.92 Å². The van der Waals surface area contributed by atoms with Crippen LogP contribution in [0.2, 0.25) is 0 Å². The monoisotopic (exact) mass is 477 g/mol. The molecule has 1 amide bonds. The van der Waals surface area contributed by atoms with Crippen molar-refractivity contribution in [2.24, 2.45) is 35.0 Å². The van der Waals surface area contributed by atoms with Gasteiger partial charge in [-0.3, -0.25) is 9.59 Å². The third-order valence-electron chi connectivity index (χ3n) is 8.28. The summed E-state index contributed by atoms with van der Waals surface area (Å²) in [7, 11) is 0. The lowest BCUT2D eigenvalue weighted by atomic mass is 9.54. The third-order valence-corrected chi connectivity index (χ3v) is 8.28. The van der Waals surface area contributed by atoms with Crippen molar-refractivity contribution in [1.82, 2.24) is 5.32 Å². The molecule has 1 aliphatic heterocycles. The van der Waals surface area contributed by atoms with Crippen LogP contribution in [0.25, 0.3) is 0 Å². The maximum absolute atomic E-state index is 14.1. The number of aliphatic hydroxyl groups excluding tert-OH is 1. The van der Waals surface area contributed by atoms with Gasteiger partial charge >= 0.3 is 5.97 Å². The molecule has 0 bridgehead atoms. The Morgan fingerprint density at radius 1 is 1.14 bits per heavy atom. The molecule has 2 N–H and O–H groups in total. The number of esters is 1. The maximum atomic E-state index is 14.1. The lowest BCUT2D eigenvalue weighted by Crippen LogP contribution is -2.55. The molecule has 1 spiro atoms. The number of nitrogens with one attached hydrogen (secondary N) is 1. The Bertz CT molecular complexity index is 1010. The van der Waals surface area contributed by atoms with E-state index >= 15 is 0 Å². The van der Waals surface area contributed by atoms with Crippen molar-refractivity contribution >= 4 is 11.9 Å². The Kier molecular flexibility index (Phi) is 7.65. The summed E-state index contributed by atoms with van der Waals surface area (Å²) in [4.78, 5) is 26.5. The number of carbonyl (C=O) groups is 2. The maximum Gasteiger partial charge on any atom is 0.303 e. The molecule has 1 saturated heterocycles. The first-order chi connectivity index (χ1) is 16.8. The van der Waals surface area contributed by atoms with Gasteiger partial charge in [-0.05, 0) is 54.2 Å². The number of carbonyl (C=O) groups excluding carboxylic acids is 2. The van der Waals surface area contributed by atoms with Crippen LogP contribution in [0.4, 0.5) is 0 Å². The Morgan fingerprint density at radius 2 is 1.89 bits per heavy atom. The SMILES string of the molecule is CC(=O)O[C@@H]1/C=C/[C@@H](C)C[C@@H](C)C/C=C/[C@H]2C=C(CO)[C@@H](C)[C@H]3[C@H](Cc4ccccc4)NC(=O)[C@]321. The number of ether oxygens (including phenoxy) is 1. The van der Waals surface area contributed by atoms with Crippen LogP contribution in [-0.4, -0.2) is 35.7 Å². The third kappa shape index (κ3) is 4.88. The molecule has 0 radical (unpaired) electrons. The van der Waals surface area contributed by atoms with Gasteiger partial charge in [0.2, 0.25) is 5.91 Å². The molecule has 0 unspecified atom stereocenters. The molecule has 2 aliphatic carbocycles. The number of hydrogen-bond acceptors (Lipinski definition) is 4. The van der Waals surface area contributed by atoms with Crippen molar-refractivity contribution in [3.05, 3.63) is 71.8 Å². The fourth-order valence-corrected chi connectivity index (χ4v) is 6.75. The fourth-order valence-electron chi connectivity index (χ4n) is 6.75. The van der Waals surface area contributed by atoms with E-state index in [2.05, 4.69) is 62.5 Å². The van der Waals surface area contributed by atoms with Gasteiger partial charge in [0.05, 0.1) is 6.61 Å². The molecular formula is C30H39NO4. The number of benzene rings is 1. The van der Waals surface area contributed by atoms with Crippen LogP contribution in [0.1, 0.15) is 46.1 Å². The summed E-state index contributed by atoms with van der Waals surface area (Å²) < 4.78 is 5.99. The van der Waals surface area contributed by atoms with Crippen LogP contribution in [-0.2, 0) is 20.7 Å². The molecule has 5 nitrogen and oxygen atoms in total. The van der Waals surface area contributed by atoms with Gasteiger partial charge in [0.1, 0.15) is 11.5 Å². The van der Waals surface area contributed by atoms with Crippen LogP contribution in [0, 0.1) is 35.0 Å². The van der Waals surface area contributed by atoms with Crippen LogP contribution in [0.15, 0.2) is 66.3 Å². The Morgan fingerprint density at radius 3 is 2.57 bits per heavy atom. The van der Waals surface area contributed by atoms with Gasteiger partial charge in [-0.2, -0.15) is 0 Å². The van der Waals surface area contributed by atoms with Crippen molar-refractivity contribution in [2.75, 3.05) is 6.61 Å². The van der Waals surface area contributed by atoms with Gasteiger partial charge in [0.15, 0.2) is 0 Å². The molecule has 5 heteroatoms. The first kappa shape index (κ1) is 25.4. The van der Waals surface area contributed by atoms with Crippen LogP contribution >= 0.6 is 0 Å². The highest BCUT2D eigenvalue weighted by Crippen LogP contribution is 2.56. The van der Waals surface area contributed by atoms with E-state index < -0.39 is 17.5 Å². The Hall–Kier alpha value is -2.66. The normalized spacial score (nSPS) is 38.7. The molecule has 3 aliphatic rings. The standard InChI is InChI=1S/C30H39NO4/c1-19-9-8-12-25-17-24(18-32)21(3)28-26(16-23-10-6-5-7-11-23)31-29(34)30(25,28)27(35-22(4)33)14-13-20(2)15-19/h5-8,10-14,17,19-21,25-28,32H,9,15-16,18H2,1-4H3,(H,31,34)/b12-8+,14-13+/t19-,20+,21+,25-,26-,27+,28-,30+/m0/s1. The molecule has 4 rings (SSSR count). The van der Waals surface area contributed by atoms with E-state index in [1.54, 1.807) is 0 Å². The van der Waals surface area contributed by atoms with E-state index in [4.69, 9.17) is 4.74 Å². The Labute approximate surface area is 209 Å². The van der Waals surface area contributed by atoms with Crippen molar-refractivity contribution in [3.8, 4) is 0 Å². The zero-order valence-electron chi connectivity index (χ0n) is 21.3. The van der Waals surface area contributed by atoms with Crippen molar-refractivity contribution in [3.63, 3.8) is 0 Å². The summed E-state index contributed by atoms with van der Waals surface area (Å²) in [5.74, 6) is -0.165. The summed E-state index contributed by atoms with van der Waals surface area (Å²) >= 11 is 0. The zero-order chi connectivity index (χ0) is 25.2. The van der Waals surface area contributed by atoms with E-state index in [-0.39, 0.29) is 36.3 Å². The molecule has 1 heterocycles. The van der Waals surface area contributed by atoms with Crippen molar-refractivity contribution in [1.29, 1.82) is 0 Å². The smallest absolute Gasteiger partial charge is 0.303 e. The van der Waals surface area contributed by atoms with E-state index in [0.717, 1.165) is 24.0 Å². The molecule has 1 aromatic carbocycles. The van der Waals surface area contributed by atoms with Gasteiger partial charge < -0.3 is 15.2 Å². The largest absolute Gasteiger partial charge is 0.457 e. The van der Waals surface area contributed by atoms with Crippen LogP contribution in [0.3, 0.4) is 0 Å². The predicted octanol–water partition coefficient (Wildman–Crippen LogP) is 4.62. The molecule has 188 valence electrons. The highest BCUT2D eigenvalue weighted by Gasteiger charge is 2.65. The minimum Gasteiger partial charge on any atom is -0.457 e. The highest BCUT2D eigenvalue weighted by atomic mass is 16.5. The van der Waals surface area contributed by atoms with Gasteiger partial charge in [-0.1, -0.05) is 75.4 Å². The molecule has 0 saturated carbocycles. The van der Waals surface area contributed by atoms with E-state index in [1.807, 2.05) is 24.3 Å². The van der Waals surface area contributed by atoms with E-state index in [0.29, 0.717) is 18.3 Å². The molecule has 0 aromatic heterocycles. The summed E-state index contributed by atoms with van der Waals surface area (Å²) in [5.41, 5.74) is 1.10. The molecule has 1 aromatic rings. The number of allylic oxidation sites excluding steroid dienone is 4. The Balaban J connectivity index is 1.90. The average molecular weight is 478 g/mol. The second kappa shape index (κ2) is 10.5. The molecular weight excluding hydrogens is 438 g/mol. The lowest BCUT2D eigenvalue weighted by molar-refractivity contribution is -0.159.